The molecule has 0 unspecified atom stereocenters. The molecule has 0 radical (unpaired) electrons. The van der Waals surface area contributed by atoms with E-state index in [2.05, 4.69) is 19.9 Å². The molecule has 0 bridgehead atoms. The Hall–Kier alpha value is -2.67. The summed E-state index contributed by atoms with van der Waals surface area (Å²) in [6.45, 7) is 0. The molecule has 0 aromatic carbocycles. The summed E-state index contributed by atoms with van der Waals surface area (Å²) < 4.78 is 99.0. The second-order valence-electron chi connectivity index (χ2n) is 7.19. The van der Waals surface area contributed by atoms with E-state index in [0.717, 1.165) is 43.0 Å². The van der Waals surface area contributed by atoms with Gasteiger partial charge in [0, 0.05) is 29.0 Å². The largest absolute Gasteiger partial charge is 0.490 e. The summed E-state index contributed by atoms with van der Waals surface area (Å²) in [6, 6.07) is 6.25. The monoisotopic (exact) mass is 724 g/mol. The number of rotatable bonds is 2. The number of halogens is 11. The van der Waals surface area contributed by atoms with E-state index >= 15 is 0 Å². The first kappa shape index (κ1) is 33.5. The summed E-state index contributed by atoms with van der Waals surface area (Å²) in [5.74, 6) is -1.01. The van der Waals surface area contributed by atoms with Crippen LogP contribution in [0.2, 0.25) is 10.3 Å². The minimum Gasteiger partial charge on any atom is -0.423 e. The third kappa shape index (κ3) is 10.4. The predicted molar refractivity (Wildman–Crippen MR) is 138 cm³/mol. The molecule has 0 aliphatic carbocycles. The molecule has 0 amide bonds. The number of aromatic nitrogens is 4. The van der Waals surface area contributed by atoms with E-state index in [9.17, 15) is 35.1 Å². The van der Waals surface area contributed by atoms with Crippen molar-refractivity contribution < 1.29 is 45.2 Å². The SMILES string of the molecule is Fc1cnc(Cl)cc1-c1ccc(C(F)(F)F)nc1.Fc1cnc(Cl)cc1I.OB(O)c1ccc(C(F)(F)F)nc1. The molecule has 0 saturated heterocycles. The smallest absolute Gasteiger partial charge is 0.423 e. The Bertz CT molecular complexity index is 1410. The topological polar surface area (TPSA) is 92.0 Å². The lowest BCUT2D eigenvalue weighted by Crippen LogP contribution is -2.30. The summed E-state index contributed by atoms with van der Waals surface area (Å²) in [4.78, 5) is 13.3. The molecule has 4 heterocycles. The van der Waals surface area contributed by atoms with Gasteiger partial charge in [0.05, 0.1) is 16.0 Å². The van der Waals surface area contributed by atoms with Gasteiger partial charge < -0.3 is 10.0 Å². The minimum absolute atomic E-state index is 0.0475. The number of hydrogen-bond acceptors (Lipinski definition) is 6. The lowest BCUT2D eigenvalue weighted by atomic mass is 9.82. The molecular formula is C22H12BCl2F8IN4O2. The van der Waals surface area contributed by atoms with Crippen molar-refractivity contribution in [2.75, 3.05) is 0 Å². The van der Waals surface area contributed by atoms with Crippen molar-refractivity contribution in [3.63, 3.8) is 0 Å². The Morgan fingerprint density at radius 2 is 1.18 bits per heavy atom. The lowest BCUT2D eigenvalue weighted by molar-refractivity contribution is -0.141. The van der Waals surface area contributed by atoms with Gasteiger partial charge in [0.1, 0.15) is 27.5 Å². The maximum Gasteiger partial charge on any atom is 0.490 e. The summed E-state index contributed by atoms with van der Waals surface area (Å²) in [5, 5.41) is 17.5. The van der Waals surface area contributed by atoms with Crippen molar-refractivity contribution in [2.24, 2.45) is 0 Å². The fourth-order valence-electron chi connectivity index (χ4n) is 2.47. The van der Waals surface area contributed by atoms with Crippen LogP contribution in [-0.4, -0.2) is 37.1 Å². The summed E-state index contributed by atoms with van der Waals surface area (Å²) in [6.07, 6.45) is -5.31. The first-order chi connectivity index (χ1) is 18.5. The van der Waals surface area contributed by atoms with Crippen LogP contribution in [0.25, 0.3) is 11.1 Å². The molecule has 0 atom stereocenters. The van der Waals surface area contributed by atoms with Gasteiger partial charge in [-0.15, -0.1) is 0 Å². The quantitative estimate of drug-likeness (QED) is 0.111. The van der Waals surface area contributed by atoms with Crippen molar-refractivity contribution in [1.29, 1.82) is 0 Å². The zero-order valence-electron chi connectivity index (χ0n) is 19.2. The molecular weight excluding hydrogens is 713 g/mol. The molecule has 212 valence electrons. The van der Waals surface area contributed by atoms with Crippen LogP contribution < -0.4 is 5.46 Å². The molecule has 4 aromatic rings. The highest BCUT2D eigenvalue weighted by atomic mass is 127. The van der Waals surface area contributed by atoms with Gasteiger partial charge in [-0.1, -0.05) is 35.3 Å². The molecule has 4 rings (SSSR count). The van der Waals surface area contributed by atoms with Crippen molar-refractivity contribution in [3.8, 4) is 11.1 Å². The van der Waals surface area contributed by atoms with Gasteiger partial charge in [-0.05, 0) is 46.9 Å². The molecule has 4 aromatic heterocycles. The first-order valence-corrected chi connectivity index (χ1v) is 12.0. The molecule has 0 aliphatic heterocycles. The zero-order valence-corrected chi connectivity index (χ0v) is 22.9. The van der Waals surface area contributed by atoms with Gasteiger partial charge in [-0.3, -0.25) is 9.97 Å². The van der Waals surface area contributed by atoms with Gasteiger partial charge in [0.25, 0.3) is 0 Å². The average molecular weight is 725 g/mol. The Balaban J connectivity index is 0.000000224. The van der Waals surface area contributed by atoms with Gasteiger partial charge in [0.2, 0.25) is 0 Å². The van der Waals surface area contributed by atoms with Crippen molar-refractivity contribution >= 4 is 58.4 Å². The number of hydrogen-bond donors (Lipinski definition) is 2. The molecule has 40 heavy (non-hydrogen) atoms. The van der Waals surface area contributed by atoms with Crippen LogP contribution in [0.5, 0.6) is 0 Å². The van der Waals surface area contributed by atoms with Crippen molar-refractivity contribution in [1.82, 2.24) is 19.9 Å². The molecule has 0 aliphatic rings. The highest BCUT2D eigenvalue weighted by molar-refractivity contribution is 14.1. The lowest BCUT2D eigenvalue weighted by Gasteiger charge is -2.07. The van der Waals surface area contributed by atoms with Crippen LogP contribution in [0.1, 0.15) is 11.4 Å². The van der Waals surface area contributed by atoms with Gasteiger partial charge in [-0.2, -0.15) is 26.3 Å². The Labute approximate surface area is 244 Å². The molecule has 18 heteroatoms. The van der Waals surface area contributed by atoms with E-state index in [-0.39, 0.29) is 27.6 Å². The van der Waals surface area contributed by atoms with Crippen LogP contribution in [0.3, 0.4) is 0 Å². The van der Waals surface area contributed by atoms with Crippen LogP contribution in [-0.2, 0) is 12.4 Å². The Morgan fingerprint density at radius 3 is 1.57 bits per heavy atom. The van der Waals surface area contributed by atoms with Crippen molar-refractivity contribution in [3.05, 3.63) is 98.1 Å². The Kier molecular flexibility index (Phi) is 12.0. The average Bonchev–Trinajstić information content (AvgIpc) is 2.88. The van der Waals surface area contributed by atoms with Crippen molar-refractivity contribution in [2.45, 2.75) is 12.4 Å². The highest BCUT2D eigenvalue weighted by Gasteiger charge is 2.33. The van der Waals surface area contributed by atoms with E-state index < -0.39 is 36.7 Å². The van der Waals surface area contributed by atoms with E-state index in [1.165, 1.54) is 12.1 Å². The van der Waals surface area contributed by atoms with Crippen LogP contribution in [0.4, 0.5) is 35.1 Å². The first-order valence-electron chi connectivity index (χ1n) is 10.2. The summed E-state index contributed by atoms with van der Waals surface area (Å²) in [5.41, 5.74) is -1.92. The van der Waals surface area contributed by atoms with Crippen LogP contribution in [0, 0.1) is 15.2 Å². The second-order valence-corrected chi connectivity index (χ2v) is 9.12. The fourth-order valence-corrected chi connectivity index (χ4v) is 3.41. The highest BCUT2D eigenvalue weighted by Crippen LogP contribution is 2.30. The molecule has 0 saturated carbocycles. The number of alkyl halides is 6. The van der Waals surface area contributed by atoms with Gasteiger partial charge >= 0.3 is 19.5 Å². The number of pyridine rings is 4. The predicted octanol–water partition coefficient (Wildman–Crippen LogP) is 6.21. The maximum absolute atomic E-state index is 13.4. The fraction of sp³-hybridized carbons (Fsp3) is 0.0909. The summed E-state index contributed by atoms with van der Waals surface area (Å²) >= 11 is 12.9. The van der Waals surface area contributed by atoms with E-state index in [1.54, 1.807) is 0 Å². The normalized spacial score (nSPS) is 11.1. The second kappa shape index (κ2) is 14.3. The molecule has 6 nitrogen and oxygen atoms in total. The zero-order chi connectivity index (χ0) is 30.3. The minimum atomic E-state index is -4.52. The number of nitrogens with zero attached hydrogens (tertiary/aromatic N) is 4. The van der Waals surface area contributed by atoms with E-state index in [1.807, 2.05) is 22.6 Å². The van der Waals surface area contributed by atoms with Gasteiger partial charge in [-0.25, -0.2) is 18.7 Å². The third-order valence-corrected chi connectivity index (χ3v) is 5.58. The molecule has 0 fully saturated rings. The van der Waals surface area contributed by atoms with Crippen LogP contribution in [0.15, 0.2) is 61.2 Å². The van der Waals surface area contributed by atoms with E-state index in [4.69, 9.17) is 33.2 Å². The van der Waals surface area contributed by atoms with Crippen LogP contribution >= 0.6 is 45.8 Å². The maximum atomic E-state index is 13.4. The summed E-state index contributed by atoms with van der Waals surface area (Å²) in [7, 11) is -1.80. The van der Waals surface area contributed by atoms with Gasteiger partial charge in [0.15, 0.2) is 5.82 Å². The molecule has 0 spiro atoms. The Morgan fingerprint density at radius 1 is 0.675 bits per heavy atom. The third-order valence-electron chi connectivity index (χ3n) is 4.34. The standard InChI is InChI=1S/C11H5ClF4N2.C6H5BF3NO2.C5H2ClFIN/c12-10-3-7(8(13)5-18-10)6-1-2-9(17-4-6)11(14,15)16;8-6(9,10)5-2-1-4(3-11-5)7(12)13;6-5-1-4(8)3(7)2-9-5/h1-5H;1-3,12-13H;1-2H. The molecule has 2 N–H and O–H groups in total. The van der Waals surface area contributed by atoms with E-state index in [0.29, 0.717) is 14.8 Å².